The van der Waals surface area contributed by atoms with Crippen LogP contribution in [0.1, 0.15) is 5.56 Å². The second kappa shape index (κ2) is 5.07. The summed E-state index contributed by atoms with van der Waals surface area (Å²) in [4.78, 5) is 11.7. The number of methoxy groups -OCH3 is 1. The molecule has 1 aromatic rings. The Bertz CT molecular complexity index is 393. The quantitative estimate of drug-likeness (QED) is 0.458. The van der Waals surface area contributed by atoms with Crippen molar-refractivity contribution < 1.29 is 9.53 Å². The summed E-state index contributed by atoms with van der Waals surface area (Å²) in [6.07, 6.45) is 0. The topological polar surface area (TPSA) is 38.7 Å². The molecule has 0 aliphatic heterocycles. The van der Waals surface area contributed by atoms with Gasteiger partial charge in [0, 0.05) is 5.56 Å². The van der Waals surface area contributed by atoms with Crippen LogP contribution in [-0.2, 0) is 9.53 Å². The Morgan fingerprint density at radius 1 is 1.19 bits per heavy atom. The first-order chi connectivity index (χ1) is 7.44. The molecule has 0 radical (unpaired) electrons. The predicted molar refractivity (Wildman–Crippen MR) is 68.3 cm³/mol. The van der Waals surface area contributed by atoms with Crippen LogP contribution in [-0.4, -0.2) is 27.0 Å². The van der Waals surface area contributed by atoms with E-state index in [0.29, 0.717) is 5.71 Å². The molecule has 0 amide bonds. The number of carbonyl (C=O) groups is 1. The summed E-state index contributed by atoms with van der Waals surface area (Å²) in [5, 5.41) is 0. The first kappa shape index (κ1) is 12.6. The fourth-order valence-corrected chi connectivity index (χ4v) is 2.15. The van der Waals surface area contributed by atoms with Crippen molar-refractivity contribution in [2.24, 2.45) is 4.66 Å². The molecule has 86 valence electrons. The number of ether oxygens (including phenoxy) is 1. The molecule has 0 aromatic heterocycles. The maximum absolute atomic E-state index is 11.7. The third-order valence-corrected chi connectivity index (χ3v) is 2.77. The van der Waals surface area contributed by atoms with Crippen LogP contribution >= 0.6 is 0 Å². The smallest absolute Gasteiger partial charge is 0.355 e. The van der Waals surface area contributed by atoms with Crippen molar-refractivity contribution in [1.82, 2.24) is 0 Å². The molecule has 0 aliphatic carbocycles. The zero-order valence-corrected chi connectivity index (χ0v) is 11.2. The van der Waals surface area contributed by atoms with Crippen molar-refractivity contribution in [3.63, 3.8) is 0 Å². The number of rotatable bonds is 3. The number of hydrogen-bond donors (Lipinski definition) is 0. The van der Waals surface area contributed by atoms with Crippen molar-refractivity contribution in [1.29, 1.82) is 0 Å². The molecule has 0 atom stereocenters. The average molecular weight is 235 g/mol. The van der Waals surface area contributed by atoms with E-state index in [2.05, 4.69) is 24.3 Å². The minimum atomic E-state index is -1.69. The molecule has 16 heavy (non-hydrogen) atoms. The van der Waals surface area contributed by atoms with Gasteiger partial charge in [-0.2, -0.15) is 0 Å². The summed E-state index contributed by atoms with van der Waals surface area (Å²) in [7, 11) is -0.315. The van der Waals surface area contributed by atoms with Crippen molar-refractivity contribution in [2.45, 2.75) is 19.6 Å². The van der Waals surface area contributed by atoms with E-state index in [0.717, 1.165) is 5.56 Å². The summed E-state index contributed by atoms with van der Waals surface area (Å²) in [5.41, 5.74) is 1.25. The largest absolute Gasteiger partial charge is 0.464 e. The van der Waals surface area contributed by atoms with E-state index < -0.39 is 8.24 Å². The van der Waals surface area contributed by atoms with Gasteiger partial charge in [-0.05, 0) is 19.6 Å². The fourth-order valence-electron chi connectivity index (χ4n) is 1.26. The lowest BCUT2D eigenvalue weighted by molar-refractivity contribution is -0.132. The summed E-state index contributed by atoms with van der Waals surface area (Å²) in [6.45, 7) is 6.25. The van der Waals surface area contributed by atoms with Gasteiger partial charge in [-0.25, -0.2) is 4.79 Å². The lowest BCUT2D eigenvalue weighted by Gasteiger charge is -2.13. The molecule has 3 nitrogen and oxygen atoms in total. The first-order valence-corrected chi connectivity index (χ1v) is 8.62. The maximum Gasteiger partial charge on any atom is 0.355 e. The van der Waals surface area contributed by atoms with Gasteiger partial charge in [0.25, 0.3) is 0 Å². The van der Waals surface area contributed by atoms with Crippen LogP contribution in [0.5, 0.6) is 0 Å². The Morgan fingerprint density at radius 2 is 1.75 bits per heavy atom. The van der Waals surface area contributed by atoms with Gasteiger partial charge in [-0.1, -0.05) is 30.3 Å². The van der Waals surface area contributed by atoms with Gasteiger partial charge in [-0.3, -0.25) is 0 Å². The molecule has 0 spiro atoms. The van der Waals surface area contributed by atoms with Crippen LogP contribution in [0.25, 0.3) is 0 Å². The van der Waals surface area contributed by atoms with E-state index in [1.54, 1.807) is 0 Å². The lowest BCUT2D eigenvalue weighted by Crippen LogP contribution is -2.26. The van der Waals surface area contributed by atoms with Crippen LogP contribution in [0.2, 0.25) is 19.6 Å². The van der Waals surface area contributed by atoms with Crippen LogP contribution in [0.3, 0.4) is 0 Å². The van der Waals surface area contributed by atoms with Crippen LogP contribution in [0.4, 0.5) is 0 Å². The highest BCUT2D eigenvalue weighted by atomic mass is 28.3. The summed E-state index contributed by atoms with van der Waals surface area (Å²) >= 11 is 0. The Labute approximate surface area is 97.3 Å². The van der Waals surface area contributed by atoms with Crippen LogP contribution < -0.4 is 0 Å². The average Bonchev–Trinajstić information content (AvgIpc) is 2.25. The number of carbonyl (C=O) groups excluding carboxylic acids is 1. The lowest BCUT2D eigenvalue weighted by atomic mass is 10.1. The van der Waals surface area contributed by atoms with Gasteiger partial charge in [0.1, 0.15) is 5.71 Å². The molecule has 0 N–H and O–H groups in total. The molecule has 0 fully saturated rings. The molecule has 1 aromatic carbocycles. The molecule has 0 heterocycles. The third-order valence-electron chi connectivity index (χ3n) is 1.87. The zero-order valence-electron chi connectivity index (χ0n) is 10.2. The second-order valence-electron chi connectivity index (χ2n) is 4.49. The summed E-state index contributed by atoms with van der Waals surface area (Å²) in [5.74, 6) is -0.367. The molecule has 4 heteroatoms. The van der Waals surface area contributed by atoms with Crippen LogP contribution in [0.15, 0.2) is 35.0 Å². The number of benzene rings is 1. The Morgan fingerprint density at radius 3 is 2.19 bits per heavy atom. The Kier molecular flexibility index (Phi) is 4.01. The minimum Gasteiger partial charge on any atom is -0.464 e. The van der Waals surface area contributed by atoms with Crippen molar-refractivity contribution >= 4 is 19.9 Å². The molecule has 0 saturated carbocycles. The van der Waals surface area contributed by atoms with E-state index in [1.165, 1.54) is 7.11 Å². The highest BCUT2D eigenvalue weighted by Crippen LogP contribution is 2.09. The van der Waals surface area contributed by atoms with E-state index in [4.69, 9.17) is 4.74 Å². The normalized spacial score (nSPS) is 12.4. The minimum absolute atomic E-state index is 0.367. The monoisotopic (exact) mass is 235 g/mol. The van der Waals surface area contributed by atoms with E-state index in [9.17, 15) is 4.79 Å². The summed E-state index contributed by atoms with van der Waals surface area (Å²) in [6, 6.07) is 9.43. The molecular formula is C12H17NO2Si. The van der Waals surface area contributed by atoms with Crippen molar-refractivity contribution in [3.8, 4) is 0 Å². The molecule has 0 unspecified atom stereocenters. The zero-order chi connectivity index (χ0) is 12.2. The van der Waals surface area contributed by atoms with E-state index in [-0.39, 0.29) is 5.97 Å². The van der Waals surface area contributed by atoms with Crippen molar-refractivity contribution in [2.75, 3.05) is 7.11 Å². The van der Waals surface area contributed by atoms with Crippen LogP contribution in [0, 0.1) is 0 Å². The van der Waals surface area contributed by atoms with Gasteiger partial charge < -0.3 is 9.39 Å². The summed E-state index contributed by atoms with van der Waals surface area (Å²) < 4.78 is 9.30. The van der Waals surface area contributed by atoms with E-state index in [1.807, 2.05) is 30.3 Å². The molecule has 0 bridgehead atoms. The highest BCUT2D eigenvalue weighted by Gasteiger charge is 2.19. The molecule has 0 aliphatic rings. The number of esters is 1. The van der Waals surface area contributed by atoms with Gasteiger partial charge in [0.05, 0.1) is 7.11 Å². The maximum atomic E-state index is 11.7. The van der Waals surface area contributed by atoms with Gasteiger partial charge >= 0.3 is 5.97 Å². The number of hydrogen-bond acceptors (Lipinski definition) is 3. The Hall–Kier alpha value is -1.42. The fraction of sp³-hybridized carbons (Fsp3) is 0.333. The highest BCUT2D eigenvalue weighted by molar-refractivity contribution is 6.77. The Balaban J connectivity index is 3.17. The standard InChI is InChI=1S/C12H17NO2Si/c1-15-12(14)11(13-16(2,3)4)10-8-6-5-7-9-10/h5-9H,1-4H3/b13-11-. The molecule has 0 saturated heterocycles. The van der Waals surface area contributed by atoms with Crippen molar-refractivity contribution in [3.05, 3.63) is 35.9 Å². The first-order valence-electron chi connectivity index (χ1n) is 5.17. The number of nitrogens with zero attached hydrogens (tertiary/aromatic N) is 1. The molecular weight excluding hydrogens is 218 g/mol. The van der Waals surface area contributed by atoms with Gasteiger partial charge in [-0.15, -0.1) is 0 Å². The third kappa shape index (κ3) is 3.62. The predicted octanol–water partition coefficient (Wildman–Crippen LogP) is 2.48. The SMILES string of the molecule is COC(=O)/C(=N\[Si](C)(C)C)c1ccccc1. The second-order valence-corrected chi connectivity index (χ2v) is 9.05. The molecule has 1 rings (SSSR count). The van der Waals surface area contributed by atoms with E-state index >= 15 is 0 Å². The van der Waals surface area contributed by atoms with Gasteiger partial charge in [0.2, 0.25) is 0 Å². The van der Waals surface area contributed by atoms with Gasteiger partial charge in [0.15, 0.2) is 8.24 Å².